The summed E-state index contributed by atoms with van der Waals surface area (Å²) in [6.45, 7) is -4.15. The summed E-state index contributed by atoms with van der Waals surface area (Å²) in [5.41, 5.74) is -6.66. The van der Waals surface area contributed by atoms with E-state index < -0.39 is 104 Å². The molecule has 0 atom stereocenters. The molecule has 0 heterocycles. The Hall–Kier alpha value is -5.58. The fourth-order valence-corrected chi connectivity index (χ4v) is 2.65. The maximum atomic E-state index is 11.8. The zero-order chi connectivity index (χ0) is 27.4. The first-order valence-electron chi connectivity index (χ1n) is 9.09. The van der Waals surface area contributed by atoms with Crippen LogP contribution in [0.1, 0.15) is 0 Å². The third-order valence-electron chi connectivity index (χ3n) is 3.77. The van der Waals surface area contributed by atoms with Crippen molar-refractivity contribution >= 4 is 34.1 Å². The summed E-state index contributed by atoms with van der Waals surface area (Å²) in [5, 5.41) is 69.2. The zero-order valence-electron chi connectivity index (χ0n) is 17.5. The summed E-state index contributed by atoms with van der Waals surface area (Å²) < 4.78 is 0. The molecule has 3 N–H and O–H groups in total. The zero-order valence-corrected chi connectivity index (χ0v) is 17.5. The Morgan fingerprint density at radius 3 is 0.861 bits per heavy atom. The smallest absolute Gasteiger partial charge is 0.329 e. The largest absolute Gasteiger partial charge is 0.372 e. The number of nitrogens with zero attached hydrogens (tertiary/aromatic N) is 6. The van der Waals surface area contributed by atoms with E-state index in [0.717, 1.165) is 0 Å². The van der Waals surface area contributed by atoms with Gasteiger partial charge in [-0.25, -0.2) is 0 Å². The fraction of sp³-hybridized carbons (Fsp3) is 0.500. The van der Waals surface area contributed by atoms with Gasteiger partial charge in [0.1, 0.15) is 19.8 Å². The molecule has 1 aromatic rings. The van der Waals surface area contributed by atoms with Gasteiger partial charge in [-0.2, -0.15) is 0 Å². The van der Waals surface area contributed by atoms with Crippen LogP contribution in [0.4, 0.5) is 34.1 Å². The molecular formula is C12H15N9O15. The number of hydrogen-bond acceptors (Lipinski definition) is 18. The van der Waals surface area contributed by atoms with E-state index in [0.29, 0.717) is 0 Å². The Labute approximate surface area is 195 Å². The van der Waals surface area contributed by atoms with E-state index in [-0.39, 0.29) is 0 Å². The molecule has 0 amide bonds. The summed E-state index contributed by atoms with van der Waals surface area (Å²) in [7, 11) is 0. The Morgan fingerprint density at radius 2 is 0.694 bits per heavy atom. The van der Waals surface area contributed by atoms with Crippen LogP contribution in [-0.4, -0.2) is 69.5 Å². The van der Waals surface area contributed by atoms with Gasteiger partial charge in [0, 0.05) is 19.6 Å². The quantitative estimate of drug-likeness (QED) is 0.131. The average Bonchev–Trinajstić information content (AvgIpc) is 2.75. The molecule has 0 fully saturated rings. The van der Waals surface area contributed by atoms with Crippen molar-refractivity contribution in [2.75, 3.05) is 55.4 Å². The first-order valence-corrected chi connectivity index (χ1v) is 9.09. The molecular weight excluding hydrogens is 510 g/mol. The van der Waals surface area contributed by atoms with Crippen LogP contribution in [0, 0.1) is 60.7 Å². The van der Waals surface area contributed by atoms with E-state index in [2.05, 4.69) is 30.5 Å². The van der Waals surface area contributed by atoms with E-state index in [9.17, 15) is 60.7 Å². The molecule has 0 spiro atoms. The van der Waals surface area contributed by atoms with Crippen LogP contribution in [0.25, 0.3) is 0 Å². The summed E-state index contributed by atoms with van der Waals surface area (Å²) >= 11 is 0. The van der Waals surface area contributed by atoms with Gasteiger partial charge < -0.3 is 30.5 Å². The molecule has 24 heteroatoms. The highest BCUT2D eigenvalue weighted by Crippen LogP contribution is 2.52. The number of rotatable bonds is 18. The van der Waals surface area contributed by atoms with Crippen LogP contribution < -0.4 is 16.0 Å². The van der Waals surface area contributed by atoms with Crippen molar-refractivity contribution in [3.8, 4) is 0 Å². The fourth-order valence-electron chi connectivity index (χ4n) is 2.65. The number of anilines is 3. The molecule has 0 aliphatic carbocycles. The molecule has 0 aliphatic rings. The molecule has 0 bridgehead atoms. The second kappa shape index (κ2) is 13.2. The van der Waals surface area contributed by atoms with Crippen LogP contribution >= 0.6 is 0 Å². The van der Waals surface area contributed by atoms with Gasteiger partial charge in [-0.1, -0.05) is 0 Å². The number of benzene rings is 1. The van der Waals surface area contributed by atoms with Crippen LogP contribution in [0.3, 0.4) is 0 Å². The number of hydrogen-bond donors (Lipinski definition) is 3. The lowest BCUT2D eigenvalue weighted by molar-refractivity contribution is -0.757. The molecule has 0 aliphatic heterocycles. The summed E-state index contributed by atoms with van der Waals surface area (Å²) in [6.07, 6.45) is 0. The van der Waals surface area contributed by atoms with E-state index in [1.165, 1.54) is 0 Å². The second-order valence-electron chi connectivity index (χ2n) is 5.89. The van der Waals surface area contributed by atoms with Crippen LogP contribution in [0.2, 0.25) is 0 Å². The van der Waals surface area contributed by atoms with Crippen molar-refractivity contribution < 1.29 is 44.5 Å². The number of nitro groups is 3. The summed E-state index contributed by atoms with van der Waals surface area (Å²) in [4.78, 5) is 74.6. The first-order chi connectivity index (χ1) is 16.9. The molecule has 0 saturated heterocycles. The van der Waals surface area contributed by atoms with E-state index >= 15 is 0 Å². The van der Waals surface area contributed by atoms with Crippen molar-refractivity contribution in [3.63, 3.8) is 0 Å². The van der Waals surface area contributed by atoms with Crippen LogP contribution in [0.5, 0.6) is 0 Å². The Kier molecular flexibility index (Phi) is 10.4. The molecule has 24 nitrogen and oxygen atoms in total. The number of nitrogens with one attached hydrogen (secondary N) is 3. The normalized spacial score (nSPS) is 10.0. The van der Waals surface area contributed by atoms with Gasteiger partial charge in [0.2, 0.25) is 0 Å². The summed E-state index contributed by atoms with van der Waals surface area (Å²) in [5.74, 6) is 0. The number of nitro benzene ring substituents is 3. The maximum Gasteiger partial charge on any atom is 0.329 e. The highest BCUT2D eigenvalue weighted by Gasteiger charge is 2.42. The lowest BCUT2D eigenvalue weighted by Gasteiger charge is -2.16. The van der Waals surface area contributed by atoms with Gasteiger partial charge in [0.25, 0.3) is 15.3 Å². The van der Waals surface area contributed by atoms with E-state index in [1.807, 2.05) is 0 Å². The van der Waals surface area contributed by atoms with E-state index in [1.54, 1.807) is 0 Å². The first kappa shape index (κ1) is 28.5. The lowest BCUT2D eigenvalue weighted by Crippen LogP contribution is -2.20. The van der Waals surface area contributed by atoms with Crippen molar-refractivity contribution in [1.82, 2.24) is 0 Å². The molecule has 1 aromatic carbocycles. The maximum absolute atomic E-state index is 11.8. The molecule has 198 valence electrons. The molecule has 1 rings (SSSR count). The van der Waals surface area contributed by atoms with Crippen molar-refractivity contribution in [3.05, 3.63) is 60.7 Å². The van der Waals surface area contributed by atoms with Gasteiger partial charge >= 0.3 is 17.1 Å². The average molecular weight is 525 g/mol. The predicted molar refractivity (Wildman–Crippen MR) is 111 cm³/mol. The molecule has 0 saturated carbocycles. The minimum absolute atomic E-state index is 0.631. The van der Waals surface area contributed by atoms with Crippen molar-refractivity contribution in [2.45, 2.75) is 0 Å². The highest BCUT2D eigenvalue weighted by molar-refractivity contribution is 6.00. The van der Waals surface area contributed by atoms with E-state index in [4.69, 9.17) is 0 Å². The lowest BCUT2D eigenvalue weighted by atomic mass is 10.1. The third-order valence-corrected chi connectivity index (χ3v) is 3.77. The predicted octanol–water partition coefficient (Wildman–Crippen LogP) is 0.272. The van der Waals surface area contributed by atoms with Gasteiger partial charge in [-0.15, -0.1) is 30.3 Å². The third kappa shape index (κ3) is 8.08. The molecule has 0 unspecified atom stereocenters. The van der Waals surface area contributed by atoms with Crippen LogP contribution in [0.15, 0.2) is 0 Å². The molecule has 0 aromatic heterocycles. The highest BCUT2D eigenvalue weighted by atomic mass is 17.0. The standard InChI is InChI=1S/C12H15N9O15/c22-16(23)10-7(13-1-4-34-19(28)29)11(17(24)25)9(15-3-6-36-21(32)33)12(18(26)27)8(10)14-2-5-35-20(30)31/h13-15H,1-6H2. The topological polar surface area (TPSA) is 323 Å². The second-order valence-corrected chi connectivity index (χ2v) is 5.89. The SMILES string of the molecule is O=[N+]([O-])OCCNc1c([N+](=O)[O-])c(NCCO[N+](=O)[O-])c([N+](=O)[O-])c(NCCO[N+](=O)[O-])c1[N+](=O)[O-]. The van der Waals surface area contributed by atoms with Crippen molar-refractivity contribution in [2.24, 2.45) is 0 Å². The Bertz CT molecular complexity index is 898. The van der Waals surface area contributed by atoms with Gasteiger partial charge in [-0.05, 0) is 0 Å². The monoisotopic (exact) mass is 525 g/mol. The van der Waals surface area contributed by atoms with Gasteiger partial charge in [0.05, 0.1) is 14.8 Å². The van der Waals surface area contributed by atoms with Gasteiger partial charge in [-0.3, -0.25) is 30.3 Å². The molecule has 0 radical (unpaired) electrons. The Balaban J connectivity index is 3.73. The summed E-state index contributed by atoms with van der Waals surface area (Å²) in [6, 6.07) is 0. The minimum Gasteiger partial charge on any atom is -0.372 e. The van der Waals surface area contributed by atoms with Crippen molar-refractivity contribution in [1.29, 1.82) is 0 Å². The molecule has 36 heavy (non-hydrogen) atoms. The van der Waals surface area contributed by atoms with Crippen LogP contribution in [-0.2, 0) is 14.5 Å². The minimum atomic E-state index is -1.26. The van der Waals surface area contributed by atoms with Gasteiger partial charge in [0.15, 0.2) is 17.1 Å². The Morgan fingerprint density at radius 1 is 0.472 bits per heavy atom.